The zero-order chi connectivity index (χ0) is 25.7. The lowest BCUT2D eigenvalue weighted by Gasteiger charge is -2.32. The lowest BCUT2D eigenvalue weighted by Crippen LogP contribution is -2.41. The van der Waals surface area contributed by atoms with Gasteiger partial charge in [-0.05, 0) is 98.6 Å². The Morgan fingerprint density at radius 1 is 0.417 bits per heavy atom. The Kier molecular flexibility index (Phi) is 5.05. The Bertz CT molecular complexity index is 1380. The average molecular weight is 480 g/mol. The van der Waals surface area contributed by atoms with Crippen LogP contribution in [-0.2, 0) is 18.6 Å². The molecule has 4 aromatic rings. The summed E-state index contributed by atoms with van der Waals surface area (Å²) in [7, 11) is -0.820. The molecular formula is C30H34B2O4. The SMILES string of the molecule is CC1(C)OB(c2ccc3c4ccccc4c4ccc(B5OC(C)(C)C(C)(C)O5)cc4c3c2)OC1(C)C. The minimum Gasteiger partial charge on any atom is -0.399 e. The molecule has 0 unspecified atom stereocenters. The van der Waals surface area contributed by atoms with Gasteiger partial charge in [0.1, 0.15) is 0 Å². The van der Waals surface area contributed by atoms with Crippen LogP contribution in [0.4, 0.5) is 0 Å². The molecule has 0 radical (unpaired) electrons. The maximum atomic E-state index is 6.39. The van der Waals surface area contributed by atoms with E-state index in [0.717, 1.165) is 10.9 Å². The minimum absolute atomic E-state index is 0.387. The second-order valence-corrected chi connectivity index (χ2v) is 12.3. The van der Waals surface area contributed by atoms with Crippen LogP contribution >= 0.6 is 0 Å². The predicted octanol–water partition coefficient (Wildman–Crippen LogP) is 5.74. The first-order valence-corrected chi connectivity index (χ1v) is 12.9. The van der Waals surface area contributed by atoms with Crippen LogP contribution < -0.4 is 10.9 Å². The number of rotatable bonds is 2. The van der Waals surface area contributed by atoms with E-state index in [-0.39, 0.29) is 22.4 Å². The van der Waals surface area contributed by atoms with Crippen molar-refractivity contribution in [2.75, 3.05) is 0 Å². The molecule has 4 nitrogen and oxygen atoms in total. The van der Waals surface area contributed by atoms with Crippen LogP contribution in [0.1, 0.15) is 55.4 Å². The van der Waals surface area contributed by atoms with Crippen LogP contribution in [-0.4, -0.2) is 36.6 Å². The normalized spacial score (nSPS) is 22.2. The lowest BCUT2D eigenvalue weighted by atomic mass is 9.75. The van der Waals surface area contributed by atoms with Gasteiger partial charge in [0.2, 0.25) is 0 Å². The van der Waals surface area contributed by atoms with Gasteiger partial charge in [0.25, 0.3) is 0 Å². The van der Waals surface area contributed by atoms with E-state index in [2.05, 4.69) is 116 Å². The van der Waals surface area contributed by atoms with Crippen molar-refractivity contribution in [2.45, 2.75) is 77.8 Å². The Balaban J connectivity index is 1.55. The van der Waals surface area contributed by atoms with E-state index in [4.69, 9.17) is 18.6 Å². The third kappa shape index (κ3) is 3.46. The standard InChI is InChI=1S/C30H34B2O4/c1-27(2)28(3,4)34-31(33-27)19-13-15-23-21-11-9-10-12-22(21)24-16-14-20(18-26(24)25(23)17-19)32-35-29(5,6)30(7,8)36-32/h9-18H,1-8H3. The van der Waals surface area contributed by atoms with Gasteiger partial charge in [-0.3, -0.25) is 0 Å². The fourth-order valence-electron chi connectivity index (χ4n) is 5.24. The third-order valence-corrected chi connectivity index (χ3v) is 8.94. The smallest absolute Gasteiger partial charge is 0.399 e. The molecule has 0 aromatic heterocycles. The molecule has 0 aliphatic carbocycles. The number of fused-ring (bicyclic) bond motifs is 6. The first-order chi connectivity index (χ1) is 16.8. The molecule has 184 valence electrons. The number of hydrogen-bond donors (Lipinski definition) is 0. The molecule has 0 amide bonds. The predicted molar refractivity (Wildman–Crippen MR) is 150 cm³/mol. The Hall–Kier alpha value is -2.37. The quantitative estimate of drug-likeness (QED) is 0.271. The highest BCUT2D eigenvalue weighted by molar-refractivity contribution is 6.63. The molecule has 36 heavy (non-hydrogen) atoms. The van der Waals surface area contributed by atoms with Gasteiger partial charge in [0.05, 0.1) is 22.4 Å². The molecule has 2 fully saturated rings. The van der Waals surface area contributed by atoms with Crippen molar-refractivity contribution >= 4 is 57.5 Å². The van der Waals surface area contributed by atoms with Crippen LogP contribution in [0.3, 0.4) is 0 Å². The monoisotopic (exact) mass is 480 g/mol. The second-order valence-electron chi connectivity index (χ2n) is 12.3. The Labute approximate surface area is 214 Å². The molecule has 6 heteroatoms. The summed E-state index contributed by atoms with van der Waals surface area (Å²) < 4.78 is 25.5. The summed E-state index contributed by atoms with van der Waals surface area (Å²) >= 11 is 0. The molecule has 0 bridgehead atoms. The molecule has 0 spiro atoms. The van der Waals surface area contributed by atoms with E-state index in [0.29, 0.717) is 0 Å². The summed E-state index contributed by atoms with van der Waals surface area (Å²) in [5.41, 5.74) is 0.506. The van der Waals surface area contributed by atoms with Gasteiger partial charge in [-0.1, -0.05) is 60.7 Å². The van der Waals surface area contributed by atoms with E-state index in [1.807, 2.05) is 0 Å². The summed E-state index contributed by atoms with van der Waals surface area (Å²) in [4.78, 5) is 0. The van der Waals surface area contributed by atoms with Gasteiger partial charge in [-0.2, -0.15) is 0 Å². The molecule has 0 atom stereocenters. The van der Waals surface area contributed by atoms with Crippen molar-refractivity contribution in [1.29, 1.82) is 0 Å². The summed E-state index contributed by atoms with van der Waals surface area (Å²) in [5, 5.41) is 7.25. The maximum Gasteiger partial charge on any atom is 0.494 e. The molecule has 4 aromatic carbocycles. The zero-order valence-corrected chi connectivity index (χ0v) is 22.6. The summed E-state index contributed by atoms with van der Waals surface area (Å²) in [5.74, 6) is 0. The van der Waals surface area contributed by atoms with Crippen molar-refractivity contribution in [2.24, 2.45) is 0 Å². The maximum absolute atomic E-state index is 6.39. The number of benzene rings is 4. The highest BCUT2D eigenvalue weighted by atomic mass is 16.7. The molecule has 0 N–H and O–H groups in total. The molecule has 0 saturated carbocycles. The van der Waals surface area contributed by atoms with Crippen LogP contribution in [0, 0.1) is 0 Å². The Morgan fingerprint density at radius 2 is 0.722 bits per heavy atom. The van der Waals surface area contributed by atoms with Gasteiger partial charge in [-0.25, -0.2) is 0 Å². The van der Waals surface area contributed by atoms with Crippen LogP contribution in [0.15, 0.2) is 60.7 Å². The second kappa shape index (κ2) is 7.58. The average Bonchev–Trinajstić information content (AvgIpc) is 3.18. The van der Waals surface area contributed by atoms with Crippen LogP contribution in [0.25, 0.3) is 32.3 Å². The topological polar surface area (TPSA) is 36.9 Å². The first kappa shape index (κ1) is 24.0. The molecule has 6 rings (SSSR count). The van der Waals surface area contributed by atoms with Crippen LogP contribution in [0.5, 0.6) is 0 Å². The van der Waals surface area contributed by atoms with Gasteiger partial charge < -0.3 is 18.6 Å². The van der Waals surface area contributed by atoms with Crippen LogP contribution in [0.2, 0.25) is 0 Å². The van der Waals surface area contributed by atoms with Crippen molar-refractivity contribution in [3.63, 3.8) is 0 Å². The van der Waals surface area contributed by atoms with Gasteiger partial charge in [0, 0.05) is 0 Å². The van der Waals surface area contributed by atoms with E-state index >= 15 is 0 Å². The van der Waals surface area contributed by atoms with E-state index in [9.17, 15) is 0 Å². The van der Waals surface area contributed by atoms with Crippen molar-refractivity contribution in [3.8, 4) is 0 Å². The largest absolute Gasteiger partial charge is 0.494 e. The molecule has 2 aliphatic rings. The van der Waals surface area contributed by atoms with Crippen molar-refractivity contribution < 1.29 is 18.6 Å². The summed E-state index contributed by atoms with van der Waals surface area (Å²) in [6, 6.07) is 21.8. The molecule has 2 heterocycles. The lowest BCUT2D eigenvalue weighted by molar-refractivity contribution is 0.00578. The fourth-order valence-corrected chi connectivity index (χ4v) is 5.24. The first-order valence-electron chi connectivity index (χ1n) is 12.9. The van der Waals surface area contributed by atoms with E-state index < -0.39 is 14.2 Å². The number of hydrogen-bond acceptors (Lipinski definition) is 4. The molecule has 2 aliphatic heterocycles. The fraction of sp³-hybridized carbons (Fsp3) is 0.400. The minimum atomic E-state index is -0.410. The summed E-state index contributed by atoms with van der Waals surface area (Å²) in [6.45, 7) is 16.7. The highest BCUT2D eigenvalue weighted by Gasteiger charge is 2.52. The van der Waals surface area contributed by atoms with E-state index in [1.54, 1.807) is 0 Å². The molecular weight excluding hydrogens is 446 g/mol. The molecule has 2 saturated heterocycles. The van der Waals surface area contributed by atoms with Gasteiger partial charge in [0.15, 0.2) is 0 Å². The summed E-state index contributed by atoms with van der Waals surface area (Å²) in [6.07, 6.45) is 0. The Morgan fingerprint density at radius 3 is 1.06 bits per heavy atom. The van der Waals surface area contributed by atoms with Crippen molar-refractivity contribution in [1.82, 2.24) is 0 Å². The van der Waals surface area contributed by atoms with Gasteiger partial charge >= 0.3 is 14.2 Å². The zero-order valence-electron chi connectivity index (χ0n) is 22.6. The van der Waals surface area contributed by atoms with Gasteiger partial charge in [-0.15, -0.1) is 0 Å². The van der Waals surface area contributed by atoms with E-state index in [1.165, 1.54) is 32.3 Å². The highest BCUT2D eigenvalue weighted by Crippen LogP contribution is 2.39. The van der Waals surface area contributed by atoms with Crippen molar-refractivity contribution in [3.05, 3.63) is 60.7 Å². The third-order valence-electron chi connectivity index (χ3n) is 8.94.